The van der Waals surface area contributed by atoms with Gasteiger partial charge in [0.2, 0.25) is 0 Å². The van der Waals surface area contributed by atoms with Gasteiger partial charge in [-0.1, -0.05) is 0 Å². The van der Waals surface area contributed by atoms with Crippen LogP contribution in [-0.2, 0) is 0 Å². The highest BCUT2D eigenvalue weighted by molar-refractivity contribution is 5.74. The number of carbonyl (C=O) groups is 1. The van der Waals surface area contributed by atoms with Crippen molar-refractivity contribution in [3.63, 3.8) is 0 Å². The molecule has 0 radical (unpaired) electrons. The molecule has 1 rings (SSSR count). The summed E-state index contributed by atoms with van der Waals surface area (Å²) in [7, 11) is 1.68. The highest BCUT2D eigenvalue weighted by Crippen LogP contribution is 2.09. The summed E-state index contributed by atoms with van der Waals surface area (Å²) in [6, 6.07) is 0.412. The molecule has 0 aromatic heterocycles. The molecule has 0 bridgehead atoms. The zero-order valence-electron chi connectivity index (χ0n) is 8.47. The molecule has 0 spiro atoms. The van der Waals surface area contributed by atoms with Gasteiger partial charge in [-0.05, 0) is 26.3 Å². The van der Waals surface area contributed by atoms with E-state index < -0.39 is 0 Å². The van der Waals surface area contributed by atoms with Gasteiger partial charge in [0.1, 0.15) is 0 Å². The number of rotatable bonds is 2. The third kappa shape index (κ3) is 2.59. The fourth-order valence-corrected chi connectivity index (χ4v) is 1.81. The number of urea groups is 1. The second-order valence-electron chi connectivity index (χ2n) is 3.34. The lowest BCUT2D eigenvalue weighted by atomic mass is 10.1. The molecule has 1 saturated heterocycles. The zero-order chi connectivity index (χ0) is 9.68. The first kappa shape index (κ1) is 10.3. The topological polar surface area (TPSA) is 44.4 Å². The van der Waals surface area contributed by atoms with Crippen LogP contribution in [0.4, 0.5) is 4.79 Å². The molecular weight excluding hydrogens is 166 g/mol. The predicted molar refractivity (Wildman–Crippen MR) is 52.7 cm³/mol. The third-order valence-corrected chi connectivity index (χ3v) is 2.53. The third-order valence-electron chi connectivity index (χ3n) is 2.53. The summed E-state index contributed by atoms with van der Waals surface area (Å²) in [5, 5.41) is 5.98. The van der Waals surface area contributed by atoms with E-state index in [1.165, 1.54) is 0 Å². The van der Waals surface area contributed by atoms with E-state index >= 15 is 0 Å². The van der Waals surface area contributed by atoms with Crippen LogP contribution >= 0.6 is 0 Å². The van der Waals surface area contributed by atoms with E-state index in [0.717, 1.165) is 32.5 Å². The second-order valence-corrected chi connectivity index (χ2v) is 3.34. The van der Waals surface area contributed by atoms with Crippen LogP contribution in [0.3, 0.4) is 0 Å². The second kappa shape index (κ2) is 5.07. The van der Waals surface area contributed by atoms with Gasteiger partial charge in [-0.3, -0.25) is 0 Å². The number of piperidine rings is 1. The lowest BCUT2D eigenvalue weighted by molar-refractivity contribution is 0.167. The number of amides is 2. The summed E-state index contributed by atoms with van der Waals surface area (Å²) in [6.45, 7) is 4.82. The highest BCUT2D eigenvalue weighted by atomic mass is 16.2. The molecule has 0 saturated carbocycles. The quantitative estimate of drug-likeness (QED) is 0.654. The molecule has 76 valence electrons. The van der Waals surface area contributed by atoms with Crippen LogP contribution in [0.25, 0.3) is 0 Å². The Balaban J connectivity index is 2.48. The van der Waals surface area contributed by atoms with Gasteiger partial charge in [0, 0.05) is 26.2 Å². The van der Waals surface area contributed by atoms with Crippen molar-refractivity contribution in [1.29, 1.82) is 0 Å². The van der Waals surface area contributed by atoms with Crippen molar-refractivity contribution in [2.45, 2.75) is 25.8 Å². The Morgan fingerprint density at radius 2 is 2.46 bits per heavy atom. The van der Waals surface area contributed by atoms with Crippen molar-refractivity contribution in [1.82, 2.24) is 15.5 Å². The summed E-state index contributed by atoms with van der Waals surface area (Å²) in [4.78, 5) is 13.3. The van der Waals surface area contributed by atoms with Crippen molar-refractivity contribution in [2.24, 2.45) is 0 Å². The summed E-state index contributed by atoms with van der Waals surface area (Å²) in [5.41, 5.74) is 0. The Morgan fingerprint density at radius 3 is 2.92 bits per heavy atom. The summed E-state index contributed by atoms with van der Waals surface area (Å²) >= 11 is 0. The SMILES string of the molecule is CCN(C(=O)NC)C1CCCNC1. The van der Waals surface area contributed by atoms with Crippen LogP contribution in [0.5, 0.6) is 0 Å². The van der Waals surface area contributed by atoms with Crippen LogP contribution in [0, 0.1) is 0 Å². The van der Waals surface area contributed by atoms with Gasteiger partial charge in [-0.15, -0.1) is 0 Å². The molecule has 4 heteroatoms. The Morgan fingerprint density at radius 1 is 1.69 bits per heavy atom. The number of nitrogens with zero attached hydrogens (tertiary/aromatic N) is 1. The van der Waals surface area contributed by atoms with E-state index in [2.05, 4.69) is 10.6 Å². The standard InChI is InChI=1S/C9H19N3O/c1-3-12(9(13)10-2)8-5-4-6-11-7-8/h8,11H,3-7H2,1-2H3,(H,10,13). The smallest absolute Gasteiger partial charge is 0.317 e. The molecule has 1 atom stereocenters. The van der Waals surface area contributed by atoms with Crippen molar-refractivity contribution < 1.29 is 4.79 Å². The monoisotopic (exact) mass is 185 g/mol. The Labute approximate surface area is 79.7 Å². The van der Waals surface area contributed by atoms with Gasteiger partial charge in [0.25, 0.3) is 0 Å². The maximum atomic E-state index is 11.4. The summed E-state index contributed by atoms with van der Waals surface area (Å²) in [6.07, 6.45) is 2.28. The molecule has 0 aromatic rings. The molecule has 1 aliphatic rings. The number of hydrogen-bond donors (Lipinski definition) is 2. The molecular formula is C9H19N3O. The van der Waals surface area contributed by atoms with E-state index in [1.807, 2.05) is 11.8 Å². The molecule has 0 aliphatic carbocycles. The molecule has 4 nitrogen and oxygen atoms in total. The molecule has 1 heterocycles. The van der Waals surface area contributed by atoms with Crippen molar-refractivity contribution in [2.75, 3.05) is 26.7 Å². The van der Waals surface area contributed by atoms with Crippen molar-refractivity contribution in [3.05, 3.63) is 0 Å². The van der Waals surface area contributed by atoms with Gasteiger partial charge in [-0.25, -0.2) is 4.79 Å². The minimum Gasteiger partial charge on any atom is -0.341 e. The van der Waals surface area contributed by atoms with E-state index in [4.69, 9.17) is 0 Å². The Kier molecular flexibility index (Phi) is 4.02. The molecule has 2 amide bonds. The number of carbonyl (C=O) groups excluding carboxylic acids is 1. The first-order chi connectivity index (χ1) is 6.29. The number of hydrogen-bond acceptors (Lipinski definition) is 2. The molecule has 0 aromatic carbocycles. The zero-order valence-corrected chi connectivity index (χ0v) is 8.47. The summed E-state index contributed by atoms with van der Waals surface area (Å²) in [5.74, 6) is 0. The van der Waals surface area contributed by atoms with Crippen LogP contribution < -0.4 is 10.6 Å². The Hall–Kier alpha value is -0.770. The maximum absolute atomic E-state index is 11.4. The fraction of sp³-hybridized carbons (Fsp3) is 0.889. The number of nitrogens with one attached hydrogen (secondary N) is 2. The van der Waals surface area contributed by atoms with E-state index in [1.54, 1.807) is 7.05 Å². The van der Waals surface area contributed by atoms with Gasteiger partial charge in [-0.2, -0.15) is 0 Å². The molecule has 1 unspecified atom stereocenters. The summed E-state index contributed by atoms with van der Waals surface area (Å²) < 4.78 is 0. The van der Waals surface area contributed by atoms with Crippen LogP contribution in [0.15, 0.2) is 0 Å². The molecule has 13 heavy (non-hydrogen) atoms. The van der Waals surface area contributed by atoms with Gasteiger partial charge in [0.05, 0.1) is 0 Å². The van der Waals surface area contributed by atoms with Crippen molar-refractivity contribution >= 4 is 6.03 Å². The van der Waals surface area contributed by atoms with Gasteiger partial charge in [0.15, 0.2) is 0 Å². The first-order valence-corrected chi connectivity index (χ1v) is 4.98. The van der Waals surface area contributed by atoms with E-state index in [0.29, 0.717) is 6.04 Å². The maximum Gasteiger partial charge on any atom is 0.317 e. The van der Waals surface area contributed by atoms with Gasteiger partial charge < -0.3 is 15.5 Å². The first-order valence-electron chi connectivity index (χ1n) is 4.98. The molecule has 1 aliphatic heterocycles. The normalized spacial score (nSPS) is 22.5. The molecule has 2 N–H and O–H groups in total. The number of likely N-dealkylation sites (N-methyl/N-ethyl adjacent to an activating group) is 1. The predicted octanol–water partition coefficient (Wildman–Crippen LogP) is 0.400. The highest BCUT2D eigenvalue weighted by Gasteiger charge is 2.22. The Bertz CT molecular complexity index is 166. The minimum atomic E-state index is 0.0381. The van der Waals surface area contributed by atoms with E-state index in [-0.39, 0.29) is 6.03 Å². The fourth-order valence-electron chi connectivity index (χ4n) is 1.81. The van der Waals surface area contributed by atoms with Crippen molar-refractivity contribution in [3.8, 4) is 0 Å². The molecule has 1 fully saturated rings. The van der Waals surface area contributed by atoms with Gasteiger partial charge >= 0.3 is 6.03 Å². The van der Waals surface area contributed by atoms with Crippen LogP contribution in [0.2, 0.25) is 0 Å². The average Bonchev–Trinajstić information content (AvgIpc) is 2.20. The lowest BCUT2D eigenvalue weighted by Crippen LogP contribution is -2.51. The van der Waals surface area contributed by atoms with E-state index in [9.17, 15) is 4.79 Å². The average molecular weight is 185 g/mol. The van der Waals surface area contributed by atoms with Crippen LogP contribution in [0.1, 0.15) is 19.8 Å². The largest absolute Gasteiger partial charge is 0.341 e. The van der Waals surface area contributed by atoms with Crippen LogP contribution in [-0.4, -0.2) is 43.7 Å². The lowest BCUT2D eigenvalue weighted by Gasteiger charge is -2.33. The minimum absolute atomic E-state index is 0.0381.